The molecule has 1 N–H and O–H groups in total. The Morgan fingerprint density at radius 1 is 1.43 bits per heavy atom. The Hall–Kier alpha value is -2.21. The molecule has 0 radical (unpaired) electrons. The van der Waals surface area contributed by atoms with Gasteiger partial charge in [-0.1, -0.05) is 19.9 Å². The molecule has 0 atom stereocenters. The lowest BCUT2D eigenvalue weighted by atomic mass is 10.0. The zero-order chi connectivity index (χ0) is 15.0. The van der Waals surface area contributed by atoms with Crippen LogP contribution in [0.2, 0.25) is 0 Å². The average molecular weight is 286 g/mol. The van der Waals surface area contributed by atoms with Gasteiger partial charge < -0.3 is 5.32 Å². The molecule has 0 saturated heterocycles. The first-order valence-electron chi connectivity index (χ1n) is 7.14. The molecule has 1 aromatic carbocycles. The van der Waals surface area contributed by atoms with Crippen molar-refractivity contribution in [1.82, 2.24) is 15.1 Å². The molecule has 1 aromatic heterocycles. The molecule has 0 fully saturated rings. The van der Waals surface area contributed by atoms with Crippen molar-refractivity contribution in [1.29, 1.82) is 0 Å². The van der Waals surface area contributed by atoms with Gasteiger partial charge in [0.25, 0.3) is 5.69 Å². The number of rotatable bonds is 3. The van der Waals surface area contributed by atoms with E-state index in [1.54, 1.807) is 12.1 Å². The van der Waals surface area contributed by atoms with Crippen molar-refractivity contribution in [3.63, 3.8) is 0 Å². The minimum absolute atomic E-state index is 0.0942. The van der Waals surface area contributed by atoms with Crippen LogP contribution in [0.3, 0.4) is 0 Å². The summed E-state index contributed by atoms with van der Waals surface area (Å²) < 4.78 is 1.87. The normalized spacial score (nSPS) is 14.2. The van der Waals surface area contributed by atoms with Crippen LogP contribution in [0.4, 0.5) is 5.69 Å². The topological polar surface area (TPSA) is 73.0 Å². The van der Waals surface area contributed by atoms with Gasteiger partial charge in [-0.2, -0.15) is 5.10 Å². The van der Waals surface area contributed by atoms with E-state index < -0.39 is 0 Å². The van der Waals surface area contributed by atoms with Crippen LogP contribution in [0.5, 0.6) is 0 Å². The summed E-state index contributed by atoms with van der Waals surface area (Å²) in [7, 11) is 0. The Morgan fingerprint density at radius 2 is 2.24 bits per heavy atom. The molecule has 21 heavy (non-hydrogen) atoms. The van der Waals surface area contributed by atoms with Crippen molar-refractivity contribution in [2.75, 3.05) is 6.54 Å². The Kier molecular flexibility index (Phi) is 3.47. The first-order valence-corrected chi connectivity index (χ1v) is 7.14. The fourth-order valence-corrected chi connectivity index (χ4v) is 2.79. The van der Waals surface area contributed by atoms with Crippen LogP contribution < -0.4 is 5.32 Å². The van der Waals surface area contributed by atoms with E-state index in [4.69, 9.17) is 5.10 Å². The number of nitrogens with zero attached hydrogens (tertiary/aromatic N) is 3. The zero-order valence-electron chi connectivity index (χ0n) is 12.2. The second-order valence-corrected chi connectivity index (χ2v) is 5.58. The number of fused-ring (bicyclic) bond motifs is 1. The molecular weight excluding hydrogens is 268 g/mol. The predicted octanol–water partition coefficient (Wildman–Crippen LogP) is 2.55. The van der Waals surface area contributed by atoms with Crippen molar-refractivity contribution in [2.24, 2.45) is 0 Å². The number of non-ortho nitro benzene ring substituents is 1. The van der Waals surface area contributed by atoms with Gasteiger partial charge in [0, 0.05) is 37.2 Å². The van der Waals surface area contributed by atoms with E-state index >= 15 is 0 Å². The van der Waals surface area contributed by atoms with Gasteiger partial charge in [-0.3, -0.25) is 10.1 Å². The highest BCUT2D eigenvalue weighted by atomic mass is 16.6. The van der Waals surface area contributed by atoms with Crippen molar-refractivity contribution in [3.05, 3.63) is 51.3 Å². The molecule has 0 bridgehead atoms. The molecule has 1 aliphatic heterocycles. The second-order valence-electron chi connectivity index (χ2n) is 5.58. The second kappa shape index (κ2) is 5.29. The average Bonchev–Trinajstić information content (AvgIpc) is 2.87. The SMILES string of the molecule is CC(C)c1nn(-c2cccc([N+](=O)[O-])c2)c2c1CNCC2. The van der Waals surface area contributed by atoms with E-state index in [1.807, 2.05) is 10.7 Å². The fourth-order valence-electron chi connectivity index (χ4n) is 2.79. The third kappa shape index (κ3) is 2.42. The number of nitro benzene ring substituents is 1. The summed E-state index contributed by atoms with van der Waals surface area (Å²) in [6, 6.07) is 6.66. The lowest BCUT2D eigenvalue weighted by Crippen LogP contribution is -2.25. The summed E-state index contributed by atoms with van der Waals surface area (Å²) in [5.41, 5.74) is 4.33. The van der Waals surface area contributed by atoms with Gasteiger partial charge in [-0.15, -0.1) is 0 Å². The van der Waals surface area contributed by atoms with Crippen LogP contribution in [0.15, 0.2) is 24.3 Å². The summed E-state index contributed by atoms with van der Waals surface area (Å²) in [6.45, 7) is 5.97. The molecule has 6 nitrogen and oxygen atoms in total. The molecule has 0 spiro atoms. The lowest BCUT2D eigenvalue weighted by Gasteiger charge is -2.16. The van der Waals surface area contributed by atoms with Gasteiger partial charge in [0.05, 0.1) is 22.0 Å². The molecule has 0 aliphatic carbocycles. The third-order valence-electron chi connectivity index (χ3n) is 3.79. The maximum absolute atomic E-state index is 11.0. The highest BCUT2D eigenvalue weighted by molar-refractivity contribution is 5.46. The van der Waals surface area contributed by atoms with Crippen LogP contribution >= 0.6 is 0 Å². The van der Waals surface area contributed by atoms with E-state index in [0.29, 0.717) is 5.92 Å². The van der Waals surface area contributed by atoms with Crippen LogP contribution in [-0.4, -0.2) is 21.2 Å². The van der Waals surface area contributed by atoms with Crippen molar-refractivity contribution >= 4 is 5.69 Å². The monoisotopic (exact) mass is 286 g/mol. The lowest BCUT2D eigenvalue weighted by molar-refractivity contribution is -0.384. The molecule has 6 heteroatoms. The molecule has 2 aromatic rings. The van der Waals surface area contributed by atoms with E-state index in [-0.39, 0.29) is 10.6 Å². The maximum atomic E-state index is 11.0. The predicted molar refractivity (Wildman–Crippen MR) is 79.7 cm³/mol. The Morgan fingerprint density at radius 3 is 2.95 bits per heavy atom. The number of nitrogens with one attached hydrogen (secondary N) is 1. The van der Waals surface area contributed by atoms with Gasteiger partial charge in [-0.05, 0) is 12.0 Å². The standard InChI is InChI=1S/C15H18N4O2/c1-10(2)15-13-9-16-7-6-14(13)18(17-15)11-4-3-5-12(8-11)19(20)21/h3-5,8,10,16H,6-7,9H2,1-2H3. The smallest absolute Gasteiger partial charge is 0.271 e. The number of nitro groups is 1. The molecule has 110 valence electrons. The number of aromatic nitrogens is 2. The molecule has 0 amide bonds. The molecule has 2 heterocycles. The molecule has 0 saturated carbocycles. The van der Waals surface area contributed by atoms with E-state index in [2.05, 4.69) is 19.2 Å². The zero-order valence-corrected chi connectivity index (χ0v) is 12.2. The largest absolute Gasteiger partial charge is 0.312 e. The first kappa shape index (κ1) is 13.8. The highest BCUT2D eigenvalue weighted by Gasteiger charge is 2.23. The van der Waals surface area contributed by atoms with Crippen molar-refractivity contribution < 1.29 is 4.92 Å². The number of hydrogen-bond donors (Lipinski definition) is 1. The Balaban J connectivity index is 2.14. The quantitative estimate of drug-likeness (QED) is 0.695. The minimum Gasteiger partial charge on any atom is -0.312 e. The third-order valence-corrected chi connectivity index (χ3v) is 3.79. The minimum atomic E-state index is -0.371. The van der Waals surface area contributed by atoms with Crippen LogP contribution in [-0.2, 0) is 13.0 Å². The highest BCUT2D eigenvalue weighted by Crippen LogP contribution is 2.27. The van der Waals surface area contributed by atoms with Gasteiger partial charge in [0.2, 0.25) is 0 Å². The number of benzene rings is 1. The number of hydrogen-bond acceptors (Lipinski definition) is 4. The Labute approximate surface area is 122 Å². The van der Waals surface area contributed by atoms with Gasteiger partial charge in [-0.25, -0.2) is 4.68 Å². The summed E-state index contributed by atoms with van der Waals surface area (Å²) >= 11 is 0. The Bertz CT molecular complexity index is 691. The molecule has 0 unspecified atom stereocenters. The van der Waals surface area contributed by atoms with Crippen molar-refractivity contribution in [2.45, 2.75) is 32.7 Å². The van der Waals surface area contributed by atoms with E-state index in [0.717, 1.165) is 36.6 Å². The van der Waals surface area contributed by atoms with Gasteiger partial charge >= 0.3 is 0 Å². The van der Waals surface area contributed by atoms with Crippen molar-refractivity contribution in [3.8, 4) is 5.69 Å². The van der Waals surface area contributed by atoms with Crippen LogP contribution in [0, 0.1) is 10.1 Å². The summed E-state index contributed by atoms with van der Waals surface area (Å²) in [5, 5.41) is 19.0. The molecule has 1 aliphatic rings. The molecular formula is C15H18N4O2. The first-order chi connectivity index (χ1) is 10.1. The van der Waals surface area contributed by atoms with Gasteiger partial charge in [0.15, 0.2) is 0 Å². The van der Waals surface area contributed by atoms with E-state index in [1.165, 1.54) is 11.6 Å². The maximum Gasteiger partial charge on any atom is 0.271 e. The molecule has 3 rings (SSSR count). The summed E-state index contributed by atoms with van der Waals surface area (Å²) in [6.07, 6.45) is 0.887. The van der Waals surface area contributed by atoms with Crippen LogP contribution in [0.1, 0.15) is 36.7 Å². The van der Waals surface area contributed by atoms with Crippen LogP contribution in [0.25, 0.3) is 5.69 Å². The summed E-state index contributed by atoms with van der Waals surface area (Å²) in [4.78, 5) is 10.6. The van der Waals surface area contributed by atoms with Gasteiger partial charge in [0.1, 0.15) is 0 Å². The van der Waals surface area contributed by atoms with E-state index in [9.17, 15) is 10.1 Å². The fraction of sp³-hybridized carbons (Fsp3) is 0.400. The summed E-state index contributed by atoms with van der Waals surface area (Å²) in [5.74, 6) is 0.332.